The van der Waals surface area contributed by atoms with Gasteiger partial charge in [0, 0.05) is 12.1 Å². The summed E-state index contributed by atoms with van der Waals surface area (Å²) in [6, 6.07) is 0.664. The van der Waals surface area contributed by atoms with E-state index in [1.165, 1.54) is 19.3 Å². The first kappa shape index (κ1) is 15.8. The summed E-state index contributed by atoms with van der Waals surface area (Å²) < 4.78 is 0. The molecule has 2 aliphatic rings. The smallest absolute Gasteiger partial charge is 0.237 e. The number of hydrogen-bond acceptors (Lipinski definition) is 3. The standard InChI is InChI=1S/C16H31N3O/c1-10(2)15(19(3)4)16(20)18-14-11-6-5-7-12(14)9-13(17)8-11/h10-15H,5-9,17H2,1-4H3,(H,18,20)/t11?,12?,13?,14?,15-/m1/s1. The molecule has 2 saturated carbocycles. The first-order chi connectivity index (χ1) is 9.40. The second-order valence-electron chi connectivity index (χ2n) is 7.37. The summed E-state index contributed by atoms with van der Waals surface area (Å²) in [6.45, 7) is 4.23. The maximum absolute atomic E-state index is 12.6. The molecule has 2 unspecified atom stereocenters. The minimum Gasteiger partial charge on any atom is -0.351 e. The van der Waals surface area contributed by atoms with E-state index in [0.717, 1.165) is 12.8 Å². The lowest BCUT2D eigenvalue weighted by atomic mass is 9.67. The molecule has 2 aliphatic carbocycles. The van der Waals surface area contributed by atoms with Crippen LogP contribution in [0.15, 0.2) is 0 Å². The summed E-state index contributed by atoms with van der Waals surface area (Å²) in [5.41, 5.74) is 6.15. The Labute approximate surface area is 123 Å². The van der Waals surface area contributed by atoms with Crippen molar-refractivity contribution in [3.63, 3.8) is 0 Å². The van der Waals surface area contributed by atoms with E-state index in [1.54, 1.807) is 0 Å². The summed E-state index contributed by atoms with van der Waals surface area (Å²) >= 11 is 0. The fraction of sp³-hybridized carbons (Fsp3) is 0.938. The second-order valence-corrected chi connectivity index (χ2v) is 7.37. The number of likely N-dealkylation sites (N-methyl/N-ethyl adjacent to an activating group) is 1. The number of carbonyl (C=O) groups excluding carboxylic acids is 1. The van der Waals surface area contributed by atoms with Gasteiger partial charge in [0.2, 0.25) is 5.91 Å². The van der Waals surface area contributed by atoms with Gasteiger partial charge in [-0.05, 0) is 57.5 Å². The third-order valence-electron chi connectivity index (χ3n) is 5.14. The van der Waals surface area contributed by atoms with Crippen LogP contribution in [-0.4, -0.2) is 43.0 Å². The highest BCUT2D eigenvalue weighted by Gasteiger charge is 2.41. The number of rotatable bonds is 4. The Morgan fingerprint density at radius 2 is 1.75 bits per heavy atom. The first-order valence-corrected chi connectivity index (χ1v) is 8.12. The van der Waals surface area contributed by atoms with Crippen LogP contribution in [0, 0.1) is 17.8 Å². The molecular weight excluding hydrogens is 250 g/mol. The summed E-state index contributed by atoms with van der Waals surface area (Å²) in [7, 11) is 3.98. The van der Waals surface area contributed by atoms with Gasteiger partial charge < -0.3 is 11.1 Å². The lowest BCUT2D eigenvalue weighted by molar-refractivity contribution is -0.129. The van der Waals surface area contributed by atoms with Gasteiger partial charge in [-0.1, -0.05) is 20.3 Å². The molecule has 4 heteroatoms. The number of nitrogens with one attached hydrogen (secondary N) is 1. The molecule has 0 radical (unpaired) electrons. The zero-order valence-electron chi connectivity index (χ0n) is 13.4. The van der Waals surface area contributed by atoms with Gasteiger partial charge in [0.05, 0.1) is 6.04 Å². The molecule has 3 N–H and O–H groups in total. The maximum Gasteiger partial charge on any atom is 0.237 e. The van der Waals surface area contributed by atoms with Crippen LogP contribution in [0.4, 0.5) is 0 Å². The summed E-state index contributed by atoms with van der Waals surface area (Å²) in [4.78, 5) is 14.7. The van der Waals surface area contributed by atoms with E-state index in [0.29, 0.717) is 29.8 Å². The van der Waals surface area contributed by atoms with Crippen molar-refractivity contribution in [3.8, 4) is 0 Å². The monoisotopic (exact) mass is 281 g/mol. The molecule has 0 heterocycles. The van der Waals surface area contributed by atoms with Crippen molar-refractivity contribution < 1.29 is 4.79 Å². The van der Waals surface area contributed by atoms with Gasteiger partial charge in [-0.3, -0.25) is 9.69 Å². The summed E-state index contributed by atoms with van der Waals surface area (Å²) in [5.74, 6) is 1.71. The molecule has 2 bridgehead atoms. The zero-order chi connectivity index (χ0) is 14.9. The van der Waals surface area contributed by atoms with Crippen LogP contribution in [0.2, 0.25) is 0 Å². The highest BCUT2D eigenvalue weighted by Crippen LogP contribution is 2.39. The molecule has 0 spiro atoms. The van der Waals surface area contributed by atoms with Crippen LogP contribution in [-0.2, 0) is 4.79 Å². The molecule has 0 aromatic carbocycles. The largest absolute Gasteiger partial charge is 0.351 e. The molecule has 3 atom stereocenters. The van der Waals surface area contributed by atoms with Crippen LogP contribution in [0.5, 0.6) is 0 Å². The minimum atomic E-state index is -0.0358. The number of hydrogen-bond donors (Lipinski definition) is 2. The Kier molecular flexibility index (Phi) is 5.08. The molecule has 20 heavy (non-hydrogen) atoms. The minimum absolute atomic E-state index is 0.0358. The Bertz CT molecular complexity index is 321. The third-order valence-corrected chi connectivity index (χ3v) is 5.14. The highest BCUT2D eigenvalue weighted by molar-refractivity contribution is 5.82. The number of carbonyl (C=O) groups is 1. The fourth-order valence-electron chi connectivity index (χ4n) is 4.41. The molecule has 0 saturated heterocycles. The van der Waals surface area contributed by atoms with Crippen molar-refractivity contribution >= 4 is 5.91 Å². The van der Waals surface area contributed by atoms with Crippen molar-refractivity contribution in [2.45, 2.75) is 64.1 Å². The Hall–Kier alpha value is -0.610. The van der Waals surface area contributed by atoms with E-state index < -0.39 is 0 Å². The Balaban J connectivity index is 2.03. The molecule has 2 rings (SSSR count). The SMILES string of the molecule is CC(C)[C@H](C(=O)NC1C2CCCC1CC(N)C2)N(C)C. The van der Waals surface area contributed by atoms with E-state index >= 15 is 0 Å². The first-order valence-electron chi connectivity index (χ1n) is 8.12. The lowest BCUT2D eigenvalue weighted by Gasteiger charge is -2.46. The van der Waals surface area contributed by atoms with Crippen LogP contribution in [0.25, 0.3) is 0 Å². The average molecular weight is 281 g/mol. The molecule has 0 aliphatic heterocycles. The normalized spacial score (nSPS) is 35.1. The molecular formula is C16H31N3O. The zero-order valence-corrected chi connectivity index (χ0v) is 13.4. The van der Waals surface area contributed by atoms with E-state index in [9.17, 15) is 4.79 Å². The van der Waals surface area contributed by atoms with Crippen LogP contribution < -0.4 is 11.1 Å². The number of nitrogens with two attached hydrogens (primary N) is 1. The second kappa shape index (κ2) is 6.44. The van der Waals surface area contributed by atoms with Crippen molar-refractivity contribution in [2.75, 3.05) is 14.1 Å². The molecule has 116 valence electrons. The van der Waals surface area contributed by atoms with Gasteiger partial charge in [0.25, 0.3) is 0 Å². The lowest BCUT2D eigenvalue weighted by Crippen LogP contribution is -2.57. The van der Waals surface area contributed by atoms with E-state index in [1.807, 2.05) is 19.0 Å². The number of fused-ring (bicyclic) bond motifs is 2. The number of amides is 1. The van der Waals surface area contributed by atoms with Gasteiger partial charge in [-0.25, -0.2) is 0 Å². The molecule has 0 aromatic rings. The predicted molar refractivity (Wildman–Crippen MR) is 82.3 cm³/mol. The number of nitrogens with zero attached hydrogens (tertiary/aromatic N) is 1. The quantitative estimate of drug-likeness (QED) is 0.823. The Morgan fingerprint density at radius 3 is 2.20 bits per heavy atom. The van der Waals surface area contributed by atoms with E-state index in [2.05, 4.69) is 19.2 Å². The molecule has 4 nitrogen and oxygen atoms in total. The average Bonchev–Trinajstić information content (AvgIpc) is 2.29. The van der Waals surface area contributed by atoms with E-state index in [-0.39, 0.29) is 11.9 Å². The predicted octanol–water partition coefficient (Wildman–Crippen LogP) is 1.59. The van der Waals surface area contributed by atoms with Gasteiger partial charge in [-0.2, -0.15) is 0 Å². The van der Waals surface area contributed by atoms with Crippen LogP contribution >= 0.6 is 0 Å². The van der Waals surface area contributed by atoms with Crippen molar-refractivity contribution in [1.29, 1.82) is 0 Å². The van der Waals surface area contributed by atoms with Gasteiger partial charge in [-0.15, -0.1) is 0 Å². The van der Waals surface area contributed by atoms with Crippen LogP contribution in [0.1, 0.15) is 46.0 Å². The molecule has 0 aromatic heterocycles. The van der Waals surface area contributed by atoms with E-state index in [4.69, 9.17) is 5.73 Å². The summed E-state index contributed by atoms with van der Waals surface area (Å²) in [5, 5.41) is 3.37. The Morgan fingerprint density at radius 1 is 1.20 bits per heavy atom. The van der Waals surface area contributed by atoms with Crippen molar-refractivity contribution in [3.05, 3.63) is 0 Å². The third kappa shape index (κ3) is 3.34. The van der Waals surface area contributed by atoms with Gasteiger partial charge in [0.1, 0.15) is 0 Å². The maximum atomic E-state index is 12.6. The summed E-state index contributed by atoms with van der Waals surface area (Å²) in [6.07, 6.45) is 5.91. The van der Waals surface area contributed by atoms with Crippen molar-refractivity contribution in [2.24, 2.45) is 23.5 Å². The van der Waals surface area contributed by atoms with Crippen LogP contribution in [0.3, 0.4) is 0 Å². The fourth-order valence-corrected chi connectivity index (χ4v) is 4.41. The topological polar surface area (TPSA) is 58.4 Å². The molecule has 1 amide bonds. The van der Waals surface area contributed by atoms with Gasteiger partial charge >= 0.3 is 0 Å². The van der Waals surface area contributed by atoms with Gasteiger partial charge in [0.15, 0.2) is 0 Å². The highest BCUT2D eigenvalue weighted by atomic mass is 16.2. The molecule has 2 fully saturated rings. The van der Waals surface area contributed by atoms with Crippen molar-refractivity contribution in [1.82, 2.24) is 10.2 Å².